The molecule has 3 rings (SSSR count). The first-order valence-corrected chi connectivity index (χ1v) is 12.7. The third-order valence-electron chi connectivity index (χ3n) is 6.74. The number of methoxy groups -OCH3 is 3. The number of rotatable bonds is 12. The molecule has 1 aliphatic heterocycles. The van der Waals surface area contributed by atoms with Crippen LogP contribution >= 0.6 is 0 Å². The third kappa shape index (κ3) is 8.48. The van der Waals surface area contributed by atoms with Gasteiger partial charge in [0, 0.05) is 37.9 Å². The molecule has 200 valence electrons. The van der Waals surface area contributed by atoms with E-state index in [1.165, 1.54) is 7.11 Å². The van der Waals surface area contributed by atoms with Crippen LogP contribution in [0.5, 0.6) is 11.5 Å². The Balaban J connectivity index is 1.57. The number of aryl methyl sites for hydroxylation is 2. The summed E-state index contributed by atoms with van der Waals surface area (Å²) in [7, 11) is 4.51. The van der Waals surface area contributed by atoms with Crippen molar-refractivity contribution in [3.63, 3.8) is 0 Å². The van der Waals surface area contributed by atoms with Crippen LogP contribution in [0.4, 0.5) is 0 Å². The lowest BCUT2D eigenvalue weighted by molar-refractivity contribution is -0.141. The predicted molar refractivity (Wildman–Crippen MR) is 138 cm³/mol. The van der Waals surface area contributed by atoms with E-state index in [1.807, 2.05) is 30.3 Å². The molecule has 2 heterocycles. The number of ether oxygens (including phenoxy) is 3. The van der Waals surface area contributed by atoms with Crippen molar-refractivity contribution >= 4 is 17.8 Å². The molecule has 0 spiro atoms. The molecule has 2 atom stereocenters. The van der Waals surface area contributed by atoms with Crippen molar-refractivity contribution in [3.8, 4) is 11.5 Å². The van der Waals surface area contributed by atoms with Gasteiger partial charge in [-0.3, -0.25) is 19.4 Å². The molecule has 0 radical (unpaired) electrons. The van der Waals surface area contributed by atoms with Gasteiger partial charge in [-0.15, -0.1) is 0 Å². The molecule has 9 heteroatoms. The lowest BCUT2D eigenvalue weighted by Crippen LogP contribution is -2.48. The van der Waals surface area contributed by atoms with Crippen LogP contribution in [0.2, 0.25) is 0 Å². The maximum absolute atomic E-state index is 13.2. The number of benzene rings is 1. The van der Waals surface area contributed by atoms with Crippen LogP contribution in [-0.4, -0.2) is 68.1 Å². The van der Waals surface area contributed by atoms with Gasteiger partial charge in [-0.1, -0.05) is 6.07 Å². The monoisotopic (exact) mass is 511 g/mol. The van der Waals surface area contributed by atoms with Crippen molar-refractivity contribution in [1.29, 1.82) is 0 Å². The molecular formula is C28H37N3O6. The zero-order chi connectivity index (χ0) is 26.6. The predicted octanol–water partition coefficient (Wildman–Crippen LogP) is 2.95. The second-order valence-electron chi connectivity index (χ2n) is 9.25. The van der Waals surface area contributed by atoms with Gasteiger partial charge in [-0.25, -0.2) is 0 Å². The number of hydrogen-bond acceptors (Lipinski definition) is 7. The summed E-state index contributed by atoms with van der Waals surface area (Å²) in [6, 6.07) is 9.10. The number of aromatic nitrogens is 1. The number of nitrogens with zero attached hydrogens (tertiary/aromatic N) is 2. The van der Waals surface area contributed by atoms with E-state index in [2.05, 4.69) is 10.3 Å². The van der Waals surface area contributed by atoms with Crippen molar-refractivity contribution in [2.45, 2.75) is 51.0 Å². The first-order chi connectivity index (χ1) is 17.9. The lowest BCUT2D eigenvalue weighted by atomic mass is 9.95. The number of esters is 1. The molecule has 9 nitrogen and oxygen atoms in total. The van der Waals surface area contributed by atoms with E-state index in [1.54, 1.807) is 31.5 Å². The first-order valence-electron chi connectivity index (χ1n) is 12.7. The Morgan fingerprint density at radius 3 is 2.49 bits per heavy atom. The standard InChI is InChI=1S/C28H37N3O6/c1-35-24-10-7-21(17-25(24)36-2)6-9-23(18-27(33)37-3)30-28(34)22-5-4-16-31(19-22)26(32)11-8-20-12-14-29-15-13-20/h7,10,12-15,17,22-23H,4-6,8-9,11,16,18-19H2,1-3H3,(H,30,34)/t22-,23-/m1/s1. The summed E-state index contributed by atoms with van der Waals surface area (Å²) in [6.07, 6.45) is 7.22. The Bertz CT molecular complexity index is 1050. The quantitative estimate of drug-likeness (QED) is 0.437. The lowest BCUT2D eigenvalue weighted by Gasteiger charge is -2.33. The summed E-state index contributed by atoms with van der Waals surface area (Å²) in [5.74, 6) is 0.503. The number of carbonyl (C=O) groups excluding carboxylic acids is 3. The summed E-state index contributed by atoms with van der Waals surface area (Å²) in [6.45, 7) is 1.05. The Kier molecular flexibility index (Phi) is 10.7. The minimum absolute atomic E-state index is 0.0499. The number of likely N-dealkylation sites (tertiary alicyclic amines) is 1. The molecule has 1 fully saturated rings. The summed E-state index contributed by atoms with van der Waals surface area (Å²) >= 11 is 0. The van der Waals surface area contributed by atoms with Gasteiger partial charge >= 0.3 is 5.97 Å². The Morgan fingerprint density at radius 2 is 1.78 bits per heavy atom. The molecule has 0 saturated carbocycles. The maximum atomic E-state index is 13.2. The topological polar surface area (TPSA) is 107 Å². The molecule has 0 bridgehead atoms. The van der Waals surface area contributed by atoms with Gasteiger partial charge in [0.1, 0.15) is 0 Å². The van der Waals surface area contributed by atoms with Gasteiger partial charge in [0.15, 0.2) is 11.5 Å². The number of amides is 2. The summed E-state index contributed by atoms with van der Waals surface area (Å²) in [5.41, 5.74) is 2.07. The molecule has 0 aliphatic carbocycles. The largest absolute Gasteiger partial charge is 0.493 e. The van der Waals surface area contributed by atoms with Crippen LogP contribution < -0.4 is 14.8 Å². The van der Waals surface area contributed by atoms with Crippen LogP contribution in [0.3, 0.4) is 0 Å². The average molecular weight is 512 g/mol. The smallest absolute Gasteiger partial charge is 0.307 e. The second-order valence-corrected chi connectivity index (χ2v) is 9.25. The number of carbonyl (C=O) groups is 3. The van der Waals surface area contributed by atoms with Gasteiger partial charge in [0.2, 0.25) is 11.8 Å². The molecule has 1 aromatic carbocycles. The Labute approximate surface area is 218 Å². The third-order valence-corrected chi connectivity index (χ3v) is 6.74. The van der Waals surface area contributed by atoms with E-state index in [4.69, 9.17) is 14.2 Å². The maximum Gasteiger partial charge on any atom is 0.307 e. The molecule has 1 N–H and O–H groups in total. The highest BCUT2D eigenvalue weighted by Crippen LogP contribution is 2.28. The normalized spacial score (nSPS) is 16.0. The molecule has 2 amide bonds. The zero-order valence-electron chi connectivity index (χ0n) is 21.9. The summed E-state index contributed by atoms with van der Waals surface area (Å²) in [4.78, 5) is 43.8. The molecule has 1 aliphatic rings. The van der Waals surface area contributed by atoms with Crippen molar-refractivity contribution < 1.29 is 28.6 Å². The van der Waals surface area contributed by atoms with Crippen LogP contribution in [0.1, 0.15) is 43.2 Å². The molecule has 37 heavy (non-hydrogen) atoms. The van der Waals surface area contributed by atoms with Crippen LogP contribution in [0.25, 0.3) is 0 Å². The van der Waals surface area contributed by atoms with Crippen LogP contribution in [0, 0.1) is 5.92 Å². The minimum atomic E-state index is -0.384. The van der Waals surface area contributed by atoms with E-state index in [0.29, 0.717) is 56.7 Å². The fourth-order valence-corrected chi connectivity index (χ4v) is 4.58. The van der Waals surface area contributed by atoms with Gasteiger partial charge < -0.3 is 24.4 Å². The van der Waals surface area contributed by atoms with Gasteiger partial charge in [-0.05, 0) is 67.5 Å². The van der Waals surface area contributed by atoms with Gasteiger partial charge in [-0.2, -0.15) is 0 Å². The van der Waals surface area contributed by atoms with E-state index in [0.717, 1.165) is 17.5 Å². The summed E-state index contributed by atoms with van der Waals surface area (Å²) in [5, 5.41) is 3.05. The summed E-state index contributed by atoms with van der Waals surface area (Å²) < 4.78 is 15.5. The second kappa shape index (κ2) is 14.2. The number of piperidine rings is 1. The van der Waals surface area contributed by atoms with E-state index in [-0.39, 0.29) is 36.2 Å². The molecular weight excluding hydrogens is 474 g/mol. The number of pyridine rings is 1. The number of nitrogens with one attached hydrogen (secondary N) is 1. The molecule has 2 aromatic rings. The van der Waals surface area contributed by atoms with E-state index in [9.17, 15) is 14.4 Å². The Morgan fingerprint density at radius 1 is 1.03 bits per heavy atom. The van der Waals surface area contributed by atoms with Crippen molar-refractivity contribution in [1.82, 2.24) is 15.2 Å². The van der Waals surface area contributed by atoms with Crippen molar-refractivity contribution in [2.24, 2.45) is 5.92 Å². The zero-order valence-corrected chi connectivity index (χ0v) is 21.9. The average Bonchev–Trinajstić information content (AvgIpc) is 2.94. The molecule has 1 saturated heterocycles. The first kappa shape index (κ1) is 28.0. The van der Waals surface area contributed by atoms with Gasteiger partial charge in [0.25, 0.3) is 0 Å². The SMILES string of the molecule is COC(=O)C[C@@H](CCc1ccc(OC)c(OC)c1)NC(=O)[C@@H]1CCCN(C(=O)CCc2ccncc2)C1. The van der Waals surface area contributed by atoms with E-state index >= 15 is 0 Å². The molecule has 0 unspecified atom stereocenters. The highest BCUT2D eigenvalue weighted by Gasteiger charge is 2.30. The fourth-order valence-electron chi connectivity index (χ4n) is 4.58. The fraction of sp³-hybridized carbons (Fsp3) is 0.500. The van der Waals surface area contributed by atoms with Crippen molar-refractivity contribution in [3.05, 3.63) is 53.9 Å². The van der Waals surface area contributed by atoms with Crippen LogP contribution in [0.15, 0.2) is 42.7 Å². The molecule has 1 aromatic heterocycles. The highest BCUT2D eigenvalue weighted by atomic mass is 16.5. The number of hydrogen-bond donors (Lipinski definition) is 1. The van der Waals surface area contributed by atoms with Crippen LogP contribution in [-0.2, 0) is 32.0 Å². The Hall–Kier alpha value is -3.62. The van der Waals surface area contributed by atoms with Gasteiger partial charge in [0.05, 0.1) is 33.7 Å². The van der Waals surface area contributed by atoms with Crippen molar-refractivity contribution in [2.75, 3.05) is 34.4 Å². The highest BCUT2D eigenvalue weighted by molar-refractivity contribution is 5.82. The van der Waals surface area contributed by atoms with E-state index < -0.39 is 0 Å². The minimum Gasteiger partial charge on any atom is -0.493 e.